The lowest BCUT2D eigenvalue weighted by Gasteiger charge is -2.13. The molecule has 0 aliphatic heterocycles. The third-order valence-corrected chi connectivity index (χ3v) is 2.85. The SMILES string of the molecule is CCCC(N)CC(=O)Nc1ccc(C(F)(F)F)cc1C#N. The van der Waals surface area contributed by atoms with Gasteiger partial charge in [0.1, 0.15) is 6.07 Å². The second-order valence-corrected chi connectivity index (χ2v) is 4.67. The Hall–Kier alpha value is -2.07. The number of nitriles is 1. The summed E-state index contributed by atoms with van der Waals surface area (Å²) in [6.07, 6.45) is -2.97. The van der Waals surface area contributed by atoms with Gasteiger partial charge in [-0.2, -0.15) is 18.4 Å². The van der Waals surface area contributed by atoms with Gasteiger partial charge in [-0.05, 0) is 24.6 Å². The number of carbonyl (C=O) groups is 1. The van der Waals surface area contributed by atoms with Crippen molar-refractivity contribution in [3.05, 3.63) is 29.3 Å². The zero-order valence-corrected chi connectivity index (χ0v) is 11.5. The largest absolute Gasteiger partial charge is 0.416 e. The number of rotatable bonds is 5. The van der Waals surface area contributed by atoms with E-state index < -0.39 is 17.6 Å². The van der Waals surface area contributed by atoms with E-state index in [0.717, 1.165) is 18.6 Å². The fourth-order valence-corrected chi connectivity index (χ4v) is 1.83. The third kappa shape index (κ3) is 5.08. The van der Waals surface area contributed by atoms with Gasteiger partial charge in [0.25, 0.3) is 0 Å². The maximum atomic E-state index is 12.5. The van der Waals surface area contributed by atoms with Crippen LogP contribution in [0.3, 0.4) is 0 Å². The first-order valence-electron chi connectivity index (χ1n) is 6.44. The van der Waals surface area contributed by atoms with E-state index in [1.165, 1.54) is 0 Å². The number of nitrogens with zero attached hydrogens (tertiary/aromatic N) is 1. The molecular formula is C14H16F3N3O. The van der Waals surface area contributed by atoms with E-state index in [1.807, 2.05) is 6.92 Å². The van der Waals surface area contributed by atoms with E-state index in [0.29, 0.717) is 12.5 Å². The maximum Gasteiger partial charge on any atom is 0.416 e. The molecule has 4 nitrogen and oxygen atoms in total. The second kappa shape index (κ2) is 7.09. The van der Waals surface area contributed by atoms with Gasteiger partial charge in [0.05, 0.1) is 16.8 Å². The summed E-state index contributed by atoms with van der Waals surface area (Å²) in [6.45, 7) is 1.93. The zero-order chi connectivity index (χ0) is 16.0. The minimum atomic E-state index is -4.53. The van der Waals surface area contributed by atoms with Crippen LogP contribution in [0.25, 0.3) is 0 Å². The molecule has 1 unspecified atom stereocenters. The second-order valence-electron chi connectivity index (χ2n) is 4.67. The van der Waals surface area contributed by atoms with Crippen LogP contribution in [0.15, 0.2) is 18.2 Å². The van der Waals surface area contributed by atoms with Crippen LogP contribution < -0.4 is 11.1 Å². The summed E-state index contributed by atoms with van der Waals surface area (Å²) in [5.41, 5.74) is 4.61. The molecule has 1 rings (SSSR count). The fraction of sp³-hybridized carbons (Fsp3) is 0.429. The number of carbonyl (C=O) groups excluding carboxylic acids is 1. The van der Waals surface area contributed by atoms with Gasteiger partial charge in [-0.25, -0.2) is 0 Å². The molecule has 3 N–H and O–H groups in total. The van der Waals surface area contributed by atoms with Gasteiger partial charge in [-0.3, -0.25) is 4.79 Å². The average Bonchev–Trinajstić information content (AvgIpc) is 2.37. The summed E-state index contributed by atoms with van der Waals surface area (Å²) in [7, 11) is 0. The standard InChI is InChI=1S/C14H16F3N3O/c1-2-3-11(19)7-13(21)20-12-5-4-10(14(15,16)17)6-9(12)8-18/h4-6,11H,2-3,7,19H2,1H3,(H,20,21). The van der Waals surface area contributed by atoms with Crippen molar-refractivity contribution in [2.45, 2.75) is 38.4 Å². The Balaban J connectivity index is 2.85. The lowest BCUT2D eigenvalue weighted by Crippen LogP contribution is -2.27. The van der Waals surface area contributed by atoms with Crippen molar-refractivity contribution in [1.82, 2.24) is 0 Å². The quantitative estimate of drug-likeness (QED) is 0.877. The Labute approximate surface area is 120 Å². The van der Waals surface area contributed by atoms with Crippen LogP contribution in [0.1, 0.15) is 37.3 Å². The third-order valence-electron chi connectivity index (χ3n) is 2.85. The minimum absolute atomic E-state index is 0.0548. The molecule has 7 heteroatoms. The molecule has 0 saturated carbocycles. The normalized spacial score (nSPS) is 12.6. The van der Waals surface area contributed by atoms with Gasteiger partial charge in [-0.1, -0.05) is 13.3 Å². The van der Waals surface area contributed by atoms with Crippen LogP contribution in [0, 0.1) is 11.3 Å². The average molecular weight is 299 g/mol. The number of nitrogens with one attached hydrogen (secondary N) is 1. The van der Waals surface area contributed by atoms with Crippen LogP contribution in [-0.4, -0.2) is 11.9 Å². The van der Waals surface area contributed by atoms with Crippen molar-refractivity contribution in [2.75, 3.05) is 5.32 Å². The van der Waals surface area contributed by atoms with Gasteiger partial charge >= 0.3 is 6.18 Å². The number of hydrogen-bond donors (Lipinski definition) is 2. The van der Waals surface area contributed by atoms with Crippen LogP contribution in [-0.2, 0) is 11.0 Å². The van der Waals surface area contributed by atoms with Gasteiger partial charge in [0, 0.05) is 12.5 Å². The van der Waals surface area contributed by atoms with Gasteiger partial charge in [0.2, 0.25) is 5.91 Å². The Morgan fingerprint density at radius 3 is 2.67 bits per heavy atom. The molecule has 0 fully saturated rings. The van der Waals surface area contributed by atoms with E-state index in [4.69, 9.17) is 11.0 Å². The van der Waals surface area contributed by atoms with E-state index in [1.54, 1.807) is 6.07 Å². The molecule has 114 valence electrons. The molecule has 0 saturated heterocycles. The highest BCUT2D eigenvalue weighted by Gasteiger charge is 2.31. The van der Waals surface area contributed by atoms with Crippen molar-refractivity contribution in [3.8, 4) is 6.07 Å². The first-order valence-corrected chi connectivity index (χ1v) is 6.44. The Morgan fingerprint density at radius 2 is 2.14 bits per heavy atom. The number of nitrogens with two attached hydrogens (primary N) is 1. The topological polar surface area (TPSA) is 78.9 Å². The monoisotopic (exact) mass is 299 g/mol. The number of hydrogen-bond acceptors (Lipinski definition) is 3. The van der Waals surface area contributed by atoms with Crippen LogP contribution in [0.4, 0.5) is 18.9 Å². The molecule has 0 aromatic heterocycles. The summed E-state index contributed by atoms with van der Waals surface area (Å²) in [4.78, 5) is 11.7. The van der Waals surface area contributed by atoms with E-state index in [9.17, 15) is 18.0 Å². The van der Waals surface area contributed by atoms with Crippen LogP contribution >= 0.6 is 0 Å². The van der Waals surface area contributed by atoms with Crippen LogP contribution in [0.2, 0.25) is 0 Å². The summed E-state index contributed by atoms with van der Waals surface area (Å²) in [6, 6.07) is 3.94. The lowest BCUT2D eigenvalue weighted by molar-refractivity contribution is -0.137. The number of anilines is 1. The van der Waals surface area contributed by atoms with Crippen molar-refractivity contribution >= 4 is 11.6 Å². The zero-order valence-electron chi connectivity index (χ0n) is 11.5. The van der Waals surface area contributed by atoms with Crippen molar-refractivity contribution in [2.24, 2.45) is 5.73 Å². The van der Waals surface area contributed by atoms with Gasteiger partial charge in [-0.15, -0.1) is 0 Å². The molecule has 0 radical (unpaired) electrons. The number of alkyl halides is 3. The number of halogens is 3. The maximum absolute atomic E-state index is 12.5. The van der Waals surface area contributed by atoms with Gasteiger partial charge < -0.3 is 11.1 Å². The molecule has 21 heavy (non-hydrogen) atoms. The predicted octanol–water partition coefficient (Wildman–Crippen LogP) is 3.03. The van der Waals surface area contributed by atoms with Crippen molar-refractivity contribution < 1.29 is 18.0 Å². The molecule has 0 spiro atoms. The fourth-order valence-electron chi connectivity index (χ4n) is 1.83. The molecular weight excluding hydrogens is 283 g/mol. The molecule has 1 atom stereocenters. The highest BCUT2D eigenvalue weighted by atomic mass is 19.4. The summed E-state index contributed by atoms with van der Waals surface area (Å²) < 4.78 is 37.6. The molecule has 0 heterocycles. The number of amides is 1. The smallest absolute Gasteiger partial charge is 0.327 e. The van der Waals surface area contributed by atoms with E-state index >= 15 is 0 Å². The van der Waals surface area contributed by atoms with E-state index in [-0.39, 0.29) is 23.7 Å². The summed E-state index contributed by atoms with van der Waals surface area (Å²) >= 11 is 0. The first kappa shape index (κ1) is 17.0. The summed E-state index contributed by atoms with van der Waals surface area (Å²) in [5.74, 6) is -0.424. The molecule has 1 aromatic carbocycles. The molecule has 0 bridgehead atoms. The van der Waals surface area contributed by atoms with Crippen molar-refractivity contribution in [3.63, 3.8) is 0 Å². The molecule has 1 amide bonds. The number of benzene rings is 1. The highest BCUT2D eigenvalue weighted by molar-refractivity contribution is 5.92. The van der Waals surface area contributed by atoms with Gasteiger partial charge in [0.15, 0.2) is 0 Å². The summed E-state index contributed by atoms with van der Waals surface area (Å²) in [5, 5.41) is 11.3. The molecule has 0 aliphatic carbocycles. The Bertz CT molecular complexity index is 549. The highest BCUT2D eigenvalue weighted by Crippen LogP contribution is 2.31. The Morgan fingerprint density at radius 1 is 1.48 bits per heavy atom. The lowest BCUT2D eigenvalue weighted by atomic mass is 10.1. The minimum Gasteiger partial charge on any atom is -0.327 e. The predicted molar refractivity (Wildman–Crippen MR) is 72.3 cm³/mol. The van der Waals surface area contributed by atoms with Crippen LogP contribution in [0.5, 0.6) is 0 Å². The molecule has 0 aliphatic rings. The van der Waals surface area contributed by atoms with Crippen molar-refractivity contribution in [1.29, 1.82) is 5.26 Å². The Kier molecular flexibility index (Phi) is 5.73. The van der Waals surface area contributed by atoms with E-state index in [2.05, 4.69) is 5.32 Å². The molecule has 1 aromatic rings. The first-order chi connectivity index (χ1) is 9.77.